The molecule has 0 aromatic heterocycles. The Morgan fingerprint density at radius 1 is 1.46 bits per heavy atom. The van der Waals surface area contributed by atoms with E-state index in [0.29, 0.717) is 5.75 Å². The Kier molecular flexibility index (Phi) is 4.77. The van der Waals surface area contributed by atoms with Crippen LogP contribution in [-0.2, 0) is 5.75 Å². The van der Waals surface area contributed by atoms with E-state index in [9.17, 15) is 4.39 Å². The first-order valence-electron chi connectivity index (χ1n) is 3.86. The zero-order valence-corrected chi connectivity index (χ0v) is 9.37. The molecule has 72 valence electrons. The lowest BCUT2D eigenvalue weighted by Gasteiger charge is -2.03. The van der Waals surface area contributed by atoms with Crippen LogP contribution in [0.25, 0.3) is 0 Å². The molecule has 1 N–H and O–H groups in total. The molecule has 0 saturated heterocycles. The van der Waals surface area contributed by atoms with Crippen LogP contribution < -0.4 is 0 Å². The number of thioether (sulfide) groups is 1. The fourth-order valence-corrected chi connectivity index (χ4v) is 2.31. The number of hydrogen-bond donors (Lipinski definition) is 1. The van der Waals surface area contributed by atoms with Crippen molar-refractivity contribution in [2.75, 3.05) is 12.4 Å². The van der Waals surface area contributed by atoms with Gasteiger partial charge in [0.2, 0.25) is 0 Å². The van der Waals surface area contributed by atoms with Gasteiger partial charge in [0, 0.05) is 16.0 Å². The summed E-state index contributed by atoms with van der Waals surface area (Å²) in [6.45, 7) is 0.184. The minimum absolute atomic E-state index is 0.184. The van der Waals surface area contributed by atoms with E-state index in [1.54, 1.807) is 17.8 Å². The van der Waals surface area contributed by atoms with E-state index in [0.717, 1.165) is 15.8 Å². The van der Waals surface area contributed by atoms with Crippen LogP contribution >= 0.6 is 27.7 Å². The van der Waals surface area contributed by atoms with Crippen molar-refractivity contribution in [1.29, 1.82) is 0 Å². The van der Waals surface area contributed by atoms with Gasteiger partial charge in [-0.05, 0) is 17.7 Å². The molecule has 0 aliphatic carbocycles. The first-order chi connectivity index (χ1) is 6.24. The Morgan fingerprint density at radius 2 is 2.23 bits per heavy atom. The summed E-state index contributed by atoms with van der Waals surface area (Å²) in [4.78, 5) is 0. The predicted molar refractivity (Wildman–Crippen MR) is 57.3 cm³/mol. The first-order valence-corrected chi connectivity index (χ1v) is 5.81. The minimum Gasteiger partial charge on any atom is -0.396 e. The van der Waals surface area contributed by atoms with Crippen LogP contribution in [0, 0.1) is 5.82 Å². The lowest BCUT2D eigenvalue weighted by Crippen LogP contribution is -1.89. The second-order valence-electron chi connectivity index (χ2n) is 2.51. The summed E-state index contributed by atoms with van der Waals surface area (Å²) in [6.07, 6.45) is 0. The molecule has 0 aliphatic rings. The van der Waals surface area contributed by atoms with Gasteiger partial charge < -0.3 is 5.11 Å². The van der Waals surface area contributed by atoms with Gasteiger partial charge in [0.05, 0.1) is 6.61 Å². The molecule has 13 heavy (non-hydrogen) atoms. The van der Waals surface area contributed by atoms with Crippen LogP contribution in [0.15, 0.2) is 22.7 Å². The molecule has 1 nitrogen and oxygen atoms in total. The molecular formula is C9H10BrFOS. The third kappa shape index (κ3) is 3.67. The van der Waals surface area contributed by atoms with Gasteiger partial charge in [-0.3, -0.25) is 0 Å². The topological polar surface area (TPSA) is 20.2 Å². The predicted octanol–water partition coefficient (Wildman–Crippen LogP) is 2.81. The highest BCUT2D eigenvalue weighted by molar-refractivity contribution is 9.10. The summed E-state index contributed by atoms with van der Waals surface area (Å²) in [7, 11) is 0. The smallest absolute Gasteiger partial charge is 0.124 e. The molecule has 0 fully saturated rings. The van der Waals surface area contributed by atoms with Gasteiger partial charge in [-0.2, -0.15) is 11.8 Å². The first kappa shape index (κ1) is 11.0. The quantitative estimate of drug-likeness (QED) is 0.845. The van der Waals surface area contributed by atoms with Crippen LogP contribution in [-0.4, -0.2) is 17.5 Å². The molecule has 0 radical (unpaired) electrons. The fraction of sp³-hybridized carbons (Fsp3) is 0.333. The molecule has 0 spiro atoms. The highest BCUT2D eigenvalue weighted by Crippen LogP contribution is 2.22. The number of aliphatic hydroxyl groups excluding tert-OH is 1. The van der Waals surface area contributed by atoms with E-state index in [-0.39, 0.29) is 12.4 Å². The number of halogens is 2. The average Bonchev–Trinajstić information content (AvgIpc) is 2.09. The Hall–Kier alpha value is -0.0600. The van der Waals surface area contributed by atoms with Crippen molar-refractivity contribution >= 4 is 27.7 Å². The zero-order valence-electron chi connectivity index (χ0n) is 6.96. The fourth-order valence-electron chi connectivity index (χ4n) is 0.885. The van der Waals surface area contributed by atoms with Crippen molar-refractivity contribution < 1.29 is 9.50 Å². The molecule has 0 amide bonds. The summed E-state index contributed by atoms with van der Waals surface area (Å²) < 4.78 is 13.4. The van der Waals surface area contributed by atoms with Gasteiger partial charge in [-0.1, -0.05) is 22.0 Å². The van der Waals surface area contributed by atoms with E-state index < -0.39 is 0 Å². The molecule has 0 bridgehead atoms. The van der Waals surface area contributed by atoms with Gasteiger partial charge in [-0.15, -0.1) is 0 Å². The SMILES string of the molecule is OCCSCc1ccc(F)cc1Br. The summed E-state index contributed by atoms with van der Waals surface area (Å²) in [5.74, 6) is 1.27. The Labute approximate surface area is 89.5 Å². The van der Waals surface area contributed by atoms with Crippen molar-refractivity contribution in [2.45, 2.75) is 5.75 Å². The largest absolute Gasteiger partial charge is 0.396 e. The molecule has 0 heterocycles. The van der Waals surface area contributed by atoms with Crippen LogP contribution in [0.2, 0.25) is 0 Å². The van der Waals surface area contributed by atoms with E-state index in [1.165, 1.54) is 12.1 Å². The van der Waals surface area contributed by atoms with Crippen LogP contribution in [0.1, 0.15) is 5.56 Å². The van der Waals surface area contributed by atoms with Gasteiger partial charge in [0.1, 0.15) is 5.82 Å². The van der Waals surface area contributed by atoms with Crippen molar-refractivity contribution in [3.8, 4) is 0 Å². The minimum atomic E-state index is -0.234. The molecule has 4 heteroatoms. The highest BCUT2D eigenvalue weighted by atomic mass is 79.9. The maximum Gasteiger partial charge on any atom is 0.124 e. The highest BCUT2D eigenvalue weighted by Gasteiger charge is 2.00. The standard InChI is InChI=1S/C9H10BrFOS/c10-9-5-8(11)2-1-7(9)6-13-4-3-12/h1-2,5,12H,3-4,6H2. The second-order valence-corrected chi connectivity index (χ2v) is 4.47. The molecule has 0 unspecified atom stereocenters. The van der Waals surface area contributed by atoms with Crippen molar-refractivity contribution in [3.63, 3.8) is 0 Å². The monoisotopic (exact) mass is 264 g/mol. The van der Waals surface area contributed by atoms with Crippen molar-refractivity contribution in [3.05, 3.63) is 34.1 Å². The number of benzene rings is 1. The second kappa shape index (κ2) is 5.62. The summed E-state index contributed by atoms with van der Waals surface area (Å²) in [5, 5.41) is 8.57. The summed E-state index contributed by atoms with van der Waals surface area (Å²) >= 11 is 4.91. The zero-order chi connectivity index (χ0) is 9.68. The molecule has 1 aromatic rings. The van der Waals surface area contributed by atoms with Gasteiger partial charge in [-0.25, -0.2) is 4.39 Å². The van der Waals surface area contributed by atoms with E-state index in [1.807, 2.05) is 0 Å². The van der Waals surface area contributed by atoms with E-state index >= 15 is 0 Å². The third-order valence-electron chi connectivity index (χ3n) is 1.51. The molecule has 1 rings (SSSR count). The molecular weight excluding hydrogens is 255 g/mol. The van der Waals surface area contributed by atoms with Crippen LogP contribution in [0.3, 0.4) is 0 Å². The van der Waals surface area contributed by atoms with Gasteiger partial charge in [0.25, 0.3) is 0 Å². The number of hydrogen-bond acceptors (Lipinski definition) is 2. The van der Waals surface area contributed by atoms with Crippen molar-refractivity contribution in [1.82, 2.24) is 0 Å². The lowest BCUT2D eigenvalue weighted by atomic mass is 10.2. The molecule has 1 aromatic carbocycles. The normalized spacial score (nSPS) is 10.4. The number of aliphatic hydroxyl groups is 1. The molecule has 0 atom stereocenters. The maximum absolute atomic E-state index is 12.7. The van der Waals surface area contributed by atoms with Crippen LogP contribution in [0.4, 0.5) is 4.39 Å². The molecule has 0 saturated carbocycles. The molecule has 0 aliphatic heterocycles. The van der Waals surface area contributed by atoms with Crippen molar-refractivity contribution in [2.24, 2.45) is 0 Å². The number of rotatable bonds is 4. The van der Waals surface area contributed by atoms with Gasteiger partial charge in [0.15, 0.2) is 0 Å². The van der Waals surface area contributed by atoms with Gasteiger partial charge >= 0.3 is 0 Å². The lowest BCUT2D eigenvalue weighted by molar-refractivity contribution is 0.322. The third-order valence-corrected chi connectivity index (χ3v) is 3.23. The van der Waals surface area contributed by atoms with Crippen LogP contribution in [0.5, 0.6) is 0 Å². The van der Waals surface area contributed by atoms with E-state index in [2.05, 4.69) is 15.9 Å². The Balaban J connectivity index is 2.56. The average molecular weight is 265 g/mol. The summed E-state index contributed by atoms with van der Waals surface area (Å²) in [6, 6.07) is 4.65. The van der Waals surface area contributed by atoms with E-state index in [4.69, 9.17) is 5.11 Å². The summed E-state index contributed by atoms with van der Waals surface area (Å²) in [5.41, 5.74) is 1.06. The Morgan fingerprint density at radius 3 is 2.85 bits per heavy atom. The Bertz CT molecular complexity index is 280. The maximum atomic E-state index is 12.7.